The largest absolute Gasteiger partial charge is 0.393 e. The van der Waals surface area contributed by atoms with Gasteiger partial charge in [0.25, 0.3) is 0 Å². The molecule has 19 heavy (non-hydrogen) atoms. The van der Waals surface area contributed by atoms with Gasteiger partial charge in [-0.1, -0.05) is 29.8 Å². The summed E-state index contributed by atoms with van der Waals surface area (Å²) in [6.07, 6.45) is 3.58. The number of benzene rings is 1. The van der Waals surface area contributed by atoms with E-state index < -0.39 is 0 Å². The van der Waals surface area contributed by atoms with Crippen molar-refractivity contribution in [1.82, 2.24) is 0 Å². The molecule has 2 aromatic rings. The van der Waals surface area contributed by atoms with E-state index in [1.165, 1.54) is 21.6 Å². The zero-order valence-corrected chi connectivity index (χ0v) is 12.5. The lowest BCUT2D eigenvalue weighted by Crippen LogP contribution is -2.11. The van der Waals surface area contributed by atoms with E-state index >= 15 is 0 Å². The van der Waals surface area contributed by atoms with Crippen LogP contribution in [0.15, 0.2) is 35.7 Å². The van der Waals surface area contributed by atoms with Crippen molar-refractivity contribution in [3.63, 3.8) is 0 Å². The molecule has 0 fully saturated rings. The van der Waals surface area contributed by atoms with Crippen LogP contribution in [-0.4, -0.2) is 11.2 Å². The van der Waals surface area contributed by atoms with E-state index in [4.69, 9.17) is 0 Å². The van der Waals surface area contributed by atoms with Gasteiger partial charge in [0, 0.05) is 4.88 Å². The number of aliphatic hydroxyl groups excluding tert-OH is 1. The van der Waals surface area contributed by atoms with E-state index in [-0.39, 0.29) is 6.10 Å². The van der Waals surface area contributed by atoms with E-state index in [1.807, 2.05) is 0 Å². The first-order chi connectivity index (χ1) is 9.15. The maximum Gasteiger partial charge on any atom is 0.0580 e. The molecule has 1 nitrogen and oxygen atoms in total. The highest BCUT2D eigenvalue weighted by atomic mass is 32.1. The fourth-order valence-electron chi connectivity index (χ4n) is 2.34. The Morgan fingerprint density at radius 3 is 2.79 bits per heavy atom. The number of hydrogen-bond donors (Lipinski definition) is 1. The van der Waals surface area contributed by atoms with Crippen molar-refractivity contribution < 1.29 is 5.11 Å². The molecule has 0 bridgehead atoms. The third-order valence-electron chi connectivity index (χ3n) is 3.50. The fourth-order valence-corrected chi connectivity index (χ4v) is 3.09. The molecule has 0 aliphatic rings. The summed E-state index contributed by atoms with van der Waals surface area (Å²) in [6.45, 7) is 4.22. The first-order valence-electron chi connectivity index (χ1n) is 6.92. The Morgan fingerprint density at radius 1 is 1.21 bits per heavy atom. The number of rotatable bonds is 6. The molecule has 0 aliphatic heterocycles. The highest BCUT2D eigenvalue weighted by Gasteiger charge is 2.08. The van der Waals surface area contributed by atoms with Gasteiger partial charge in [-0.05, 0) is 62.1 Å². The zero-order valence-electron chi connectivity index (χ0n) is 11.7. The minimum Gasteiger partial charge on any atom is -0.393 e. The highest BCUT2D eigenvalue weighted by molar-refractivity contribution is 7.09. The van der Waals surface area contributed by atoms with Gasteiger partial charge in [0.15, 0.2) is 0 Å². The maximum absolute atomic E-state index is 10.1. The van der Waals surface area contributed by atoms with Crippen LogP contribution in [-0.2, 0) is 12.8 Å². The van der Waals surface area contributed by atoms with E-state index in [2.05, 4.69) is 49.6 Å². The van der Waals surface area contributed by atoms with Gasteiger partial charge >= 0.3 is 0 Å². The topological polar surface area (TPSA) is 20.2 Å². The van der Waals surface area contributed by atoms with Crippen molar-refractivity contribution in [3.8, 4) is 0 Å². The van der Waals surface area contributed by atoms with Crippen LogP contribution in [0.5, 0.6) is 0 Å². The Bertz CT molecular complexity index is 502. The van der Waals surface area contributed by atoms with E-state index in [0.29, 0.717) is 0 Å². The third-order valence-corrected chi connectivity index (χ3v) is 4.44. The average Bonchev–Trinajstić information content (AvgIpc) is 2.87. The Hall–Kier alpha value is -1.12. The third kappa shape index (κ3) is 4.48. The van der Waals surface area contributed by atoms with Crippen molar-refractivity contribution in [2.75, 3.05) is 0 Å². The van der Waals surface area contributed by atoms with Crippen LogP contribution in [0.2, 0.25) is 0 Å². The average molecular weight is 274 g/mol. The summed E-state index contributed by atoms with van der Waals surface area (Å²) in [5.74, 6) is 0. The summed E-state index contributed by atoms with van der Waals surface area (Å²) in [5, 5.41) is 12.3. The van der Waals surface area contributed by atoms with E-state index in [0.717, 1.165) is 25.7 Å². The Labute approximate surface area is 119 Å². The van der Waals surface area contributed by atoms with Gasteiger partial charge in [0.1, 0.15) is 0 Å². The van der Waals surface area contributed by atoms with Crippen LogP contribution in [0.4, 0.5) is 0 Å². The predicted molar refractivity (Wildman–Crippen MR) is 82.9 cm³/mol. The minimum atomic E-state index is -0.222. The summed E-state index contributed by atoms with van der Waals surface area (Å²) in [6, 6.07) is 10.7. The smallest absolute Gasteiger partial charge is 0.0580 e. The Balaban J connectivity index is 1.80. The van der Waals surface area contributed by atoms with Gasteiger partial charge < -0.3 is 5.11 Å². The first-order valence-corrected chi connectivity index (χ1v) is 7.79. The molecule has 0 saturated carbocycles. The molecule has 0 radical (unpaired) electrons. The summed E-state index contributed by atoms with van der Waals surface area (Å²) in [5.41, 5.74) is 3.83. The van der Waals surface area contributed by atoms with E-state index in [9.17, 15) is 5.11 Å². The summed E-state index contributed by atoms with van der Waals surface area (Å²) < 4.78 is 0. The normalized spacial score (nSPS) is 12.6. The van der Waals surface area contributed by atoms with Crippen LogP contribution in [0.3, 0.4) is 0 Å². The van der Waals surface area contributed by atoms with Gasteiger partial charge in [-0.3, -0.25) is 0 Å². The van der Waals surface area contributed by atoms with Crippen LogP contribution in [0, 0.1) is 13.8 Å². The second-order valence-corrected chi connectivity index (χ2v) is 6.29. The summed E-state index contributed by atoms with van der Waals surface area (Å²) in [4.78, 5) is 1.42. The SMILES string of the molecule is Cc1ccc(C)c(CC(O)CCCc2cccs2)c1. The van der Waals surface area contributed by atoms with Gasteiger partial charge in [-0.25, -0.2) is 0 Å². The summed E-state index contributed by atoms with van der Waals surface area (Å²) >= 11 is 1.80. The molecular weight excluding hydrogens is 252 g/mol. The molecular formula is C17H22OS. The van der Waals surface area contributed by atoms with Gasteiger partial charge in [0.05, 0.1) is 6.10 Å². The molecule has 0 amide bonds. The Morgan fingerprint density at radius 2 is 2.05 bits per heavy atom. The molecule has 1 unspecified atom stereocenters. The molecule has 0 saturated heterocycles. The highest BCUT2D eigenvalue weighted by Crippen LogP contribution is 2.17. The molecule has 0 spiro atoms. The van der Waals surface area contributed by atoms with E-state index in [1.54, 1.807) is 11.3 Å². The molecule has 2 rings (SSSR count). The van der Waals surface area contributed by atoms with Crippen molar-refractivity contribution in [2.24, 2.45) is 0 Å². The lowest BCUT2D eigenvalue weighted by molar-refractivity contribution is 0.162. The molecule has 1 aromatic carbocycles. The van der Waals surface area contributed by atoms with Crippen molar-refractivity contribution in [1.29, 1.82) is 0 Å². The fraction of sp³-hybridized carbons (Fsp3) is 0.412. The van der Waals surface area contributed by atoms with Crippen molar-refractivity contribution in [2.45, 2.75) is 45.6 Å². The van der Waals surface area contributed by atoms with Crippen molar-refractivity contribution >= 4 is 11.3 Å². The monoisotopic (exact) mass is 274 g/mol. The number of aliphatic hydroxyl groups is 1. The standard InChI is InChI=1S/C17H22OS/c1-13-8-9-14(2)15(11-13)12-16(18)5-3-6-17-7-4-10-19-17/h4,7-11,16,18H,3,5-6,12H2,1-2H3. The molecule has 1 aromatic heterocycles. The first kappa shape index (κ1) is 14.3. The summed E-state index contributed by atoms with van der Waals surface area (Å²) in [7, 11) is 0. The molecule has 1 atom stereocenters. The van der Waals surface area contributed by atoms with Crippen molar-refractivity contribution in [3.05, 3.63) is 57.3 Å². The minimum absolute atomic E-state index is 0.222. The van der Waals surface area contributed by atoms with Crippen LogP contribution in [0.1, 0.15) is 34.4 Å². The van der Waals surface area contributed by atoms with Gasteiger partial charge in [0.2, 0.25) is 0 Å². The molecule has 102 valence electrons. The van der Waals surface area contributed by atoms with Crippen LogP contribution in [0.25, 0.3) is 0 Å². The molecule has 1 heterocycles. The lowest BCUT2D eigenvalue weighted by Gasteiger charge is -2.13. The molecule has 2 heteroatoms. The van der Waals surface area contributed by atoms with Gasteiger partial charge in [-0.2, -0.15) is 0 Å². The maximum atomic E-state index is 10.1. The van der Waals surface area contributed by atoms with Crippen LogP contribution < -0.4 is 0 Å². The van der Waals surface area contributed by atoms with Crippen LogP contribution >= 0.6 is 11.3 Å². The number of hydrogen-bond acceptors (Lipinski definition) is 2. The second-order valence-electron chi connectivity index (χ2n) is 5.26. The molecule has 1 N–H and O–H groups in total. The second kappa shape index (κ2) is 6.88. The lowest BCUT2D eigenvalue weighted by atomic mass is 9.98. The number of thiophene rings is 1. The predicted octanol–water partition coefficient (Wildman–Crippen LogP) is 4.29. The molecule has 0 aliphatic carbocycles. The number of aryl methyl sites for hydroxylation is 3. The zero-order chi connectivity index (χ0) is 13.7. The van der Waals surface area contributed by atoms with Gasteiger partial charge in [-0.15, -0.1) is 11.3 Å². The quantitative estimate of drug-likeness (QED) is 0.833. The Kier molecular flexibility index (Phi) is 5.17.